The fourth-order valence-corrected chi connectivity index (χ4v) is 3.21. The zero-order chi connectivity index (χ0) is 14.2. The number of aromatic nitrogens is 2. The Morgan fingerprint density at radius 2 is 2.19 bits per heavy atom. The molecule has 0 radical (unpaired) electrons. The topological polar surface area (TPSA) is 50.2 Å². The lowest BCUT2D eigenvalue weighted by molar-refractivity contribution is -0.133. The zero-order valence-corrected chi connectivity index (χ0v) is 11.8. The Kier molecular flexibility index (Phi) is 2.91. The maximum absolute atomic E-state index is 12.7. The van der Waals surface area contributed by atoms with Gasteiger partial charge in [0, 0.05) is 31.2 Å². The van der Waals surface area contributed by atoms with Crippen LogP contribution in [0.5, 0.6) is 0 Å². The van der Waals surface area contributed by atoms with E-state index in [1.54, 1.807) is 6.20 Å². The SMILES string of the molecule is O=C(C1CCc2ccccc2N1)N1CCn2ccnc2C1. The molecule has 2 aromatic rings. The van der Waals surface area contributed by atoms with Crippen molar-refractivity contribution in [1.82, 2.24) is 14.5 Å². The van der Waals surface area contributed by atoms with Gasteiger partial charge in [0.15, 0.2) is 0 Å². The van der Waals surface area contributed by atoms with Crippen molar-refractivity contribution < 1.29 is 4.79 Å². The first-order valence-electron chi connectivity index (χ1n) is 7.44. The lowest BCUT2D eigenvalue weighted by atomic mass is 9.97. The number of fused-ring (bicyclic) bond motifs is 2. The predicted octanol–water partition coefficient (Wildman–Crippen LogP) is 1.65. The van der Waals surface area contributed by atoms with Crippen molar-refractivity contribution in [2.75, 3.05) is 11.9 Å². The molecule has 2 aliphatic rings. The normalized spacial score (nSPS) is 20.4. The van der Waals surface area contributed by atoms with Crippen LogP contribution in [0.15, 0.2) is 36.7 Å². The highest BCUT2D eigenvalue weighted by Gasteiger charge is 2.29. The highest BCUT2D eigenvalue weighted by atomic mass is 16.2. The Labute approximate surface area is 123 Å². The molecule has 4 rings (SSSR count). The molecule has 21 heavy (non-hydrogen) atoms. The monoisotopic (exact) mass is 282 g/mol. The van der Waals surface area contributed by atoms with Crippen LogP contribution in [0.3, 0.4) is 0 Å². The molecule has 1 amide bonds. The van der Waals surface area contributed by atoms with E-state index in [1.165, 1.54) is 5.56 Å². The molecule has 0 spiro atoms. The number of para-hydroxylation sites is 1. The Hall–Kier alpha value is -2.30. The molecular weight excluding hydrogens is 264 g/mol. The molecule has 0 bridgehead atoms. The molecule has 3 heterocycles. The average molecular weight is 282 g/mol. The molecule has 5 nitrogen and oxygen atoms in total. The number of hydrogen-bond acceptors (Lipinski definition) is 3. The molecule has 1 atom stereocenters. The molecule has 1 aromatic heterocycles. The van der Waals surface area contributed by atoms with E-state index in [1.807, 2.05) is 23.2 Å². The van der Waals surface area contributed by atoms with E-state index in [9.17, 15) is 4.79 Å². The van der Waals surface area contributed by atoms with Crippen LogP contribution in [-0.4, -0.2) is 32.9 Å². The van der Waals surface area contributed by atoms with Crippen molar-refractivity contribution in [2.24, 2.45) is 0 Å². The minimum Gasteiger partial charge on any atom is -0.373 e. The third-order valence-electron chi connectivity index (χ3n) is 4.40. The smallest absolute Gasteiger partial charge is 0.245 e. The van der Waals surface area contributed by atoms with Gasteiger partial charge in [-0.2, -0.15) is 0 Å². The van der Waals surface area contributed by atoms with Crippen molar-refractivity contribution in [1.29, 1.82) is 0 Å². The van der Waals surface area contributed by atoms with E-state index in [0.29, 0.717) is 6.54 Å². The van der Waals surface area contributed by atoms with Gasteiger partial charge in [-0.05, 0) is 24.5 Å². The zero-order valence-electron chi connectivity index (χ0n) is 11.8. The van der Waals surface area contributed by atoms with E-state index < -0.39 is 0 Å². The van der Waals surface area contributed by atoms with Gasteiger partial charge in [-0.3, -0.25) is 4.79 Å². The third kappa shape index (κ3) is 2.18. The summed E-state index contributed by atoms with van der Waals surface area (Å²) in [5.41, 5.74) is 2.40. The van der Waals surface area contributed by atoms with Crippen molar-refractivity contribution >= 4 is 11.6 Å². The third-order valence-corrected chi connectivity index (χ3v) is 4.40. The van der Waals surface area contributed by atoms with Gasteiger partial charge in [0.2, 0.25) is 5.91 Å². The molecule has 0 aliphatic carbocycles. The number of nitrogens with zero attached hydrogens (tertiary/aromatic N) is 3. The van der Waals surface area contributed by atoms with E-state index in [0.717, 1.165) is 37.4 Å². The Morgan fingerprint density at radius 3 is 3.14 bits per heavy atom. The molecule has 1 N–H and O–H groups in total. The largest absolute Gasteiger partial charge is 0.373 e. The van der Waals surface area contributed by atoms with Crippen molar-refractivity contribution in [3.05, 3.63) is 48.0 Å². The summed E-state index contributed by atoms with van der Waals surface area (Å²) in [6.45, 7) is 2.22. The van der Waals surface area contributed by atoms with E-state index in [4.69, 9.17) is 0 Å². The predicted molar refractivity (Wildman–Crippen MR) is 79.8 cm³/mol. The second kappa shape index (κ2) is 4.91. The summed E-state index contributed by atoms with van der Waals surface area (Å²) in [4.78, 5) is 19.0. The lowest BCUT2D eigenvalue weighted by Crippen LogP contribution is -2.47. The molecule has 0 fully saturated rings. The number of amides is 1. The second-order valence-corrected chi connectivity index (χ2v) is 5.69. The van der Waals surface area contributed by atoms with Crippen molar-refractivity contribution in [2.45, 2.75) is 32.0 Å². The first kappa shape index (κ1) is 12.4. The average Bonchev–Trinajstić information content (AvgIpc) is 3.01. The van der Waals surface area contributed by atoms with Gasteiger partial charge in [0.25, 0.3) is 0 Å². The van der Waals surface area contributed by atoms with Crippen LogP contribution >= 0.6 is 0 Å². The molecule has 0 saturated heterocycles. The van der Waals surface area contributed by atoms with E-state index in [2.05, 4.69) is 27.0 Å². The number of carbonyl (C=O) groups is 1. The van der Waals surface area contributed by atoms with Gasteiger partial charge in [-0.25, -0.2) is 4.98 Å². The fourth-order valence-electron chi connectivity index (χ4n) is 3.21. The molecule has 2 aliphatic heterocycles. The van der Waals surface area contributed by atoms with Crippen LogP contribution in [0.25, 0.3) is 0 Å². The minimum atomic E-state index is -0.110. The number of rotatable bonds is 1. The standard InChI is InChI=1S/C16H18N4O/c21-16(20-10-9-19-8-7-17-15(19)11-20)14-6-5-12-3-1-2-4-13(12)18-14/h1-4,7-8,14,18H,5-6,9-11H2. The summed E-state index contributed by atoms with van der Waals surface area (Å²) in [5.74, 6) is 1.17. The summed E-state index contributed by atoms with van der Waals surface area (Å²) in [5, 5.41) is 3.39. The summed E-state index contributed by atoms with van der Waals surface area (Å²) in [6.07, 6.45) is 5.60. The summed E-state index contributed by atoms with van der Waals surface area (Å²) in [7, 11) is 0. The van der Waals surface area contributed by atoms with Crippen molar-refractivity contribution in [3.63, 3.8) is 0 Å². The fraction of sp³-hybridized carbons (Fsp3) is 0.375. The Bertz CT molecular complexity index is 678. The van der Waals surface area contributed by atoms with Gasteiger partial charge < -0.3 is 14.8 Å². The molecule has 1 unspecified atom stereocenters. The molecule has 5 heteroatoms. The first-order chi connectivity index (χ1) is 10.3. The number of imidazole rings is 1. The first-order valence-corrected chi connectivity index (χ1v) is 7.44. The molecule has 0 saturated carbocycles. The van der Waals surface area contributed by atoms with Gasteiger partial charge in [0.05, 0.1) is 6.54 Å². The van der Waals surface area contributed by atoms with E-state index >= 15 is 0 Å². The van der Waals surface area contributed by atoms with Gasteiger partial charge in [-0.1, -0.05) is 18.2 Å². The number of nitrogens with one attached hydrogen (secondary N) is 1. The number of benzene rings is 1. The van der Waals surface area contributed by atoms with Gasteiger partial charge in [-0.15, -0.1) is 0 Å². The highest BCUT2D eigenvalue weighted by molar-refractivity contribution is 5.85. The van der Waals surface area contributed by atoms with E-state index in [-0.39, 0.29) is 11.9 Å². The molecule has 1 aromatic carbocycles. The number of anilines is 1. The van der Waals surface area contributed by atoms with Crippen LogP contribution in [-0.2, 0) is 24.3 Å². The molecular formula is C16H18N4O. The number of aryl methyl sites for hydroxylation is 1. The van der Waals surface area contributed by atoms with Crippen LogP contribution in [0.2, 0.25) is 0 Å². The minimum absolute atomic E-state index is 0.110. The maximum Gasteiger partial charge on any atom is 0.245 e. The molecule has 108 valence electrons. The van der Waals surface area contributed by atoms with Crippen LogP contribution in [0.4, 0.5) is 5.69 Å². The quantitative estimate of drug-likeness (QED) is 0.865. The van der Waals surface area contributed by atoms with Crippen molar-refractivity contribution in [3.8, 4) is 0 Å². The highest BCUT2D eigenvalue weighted by Crippen LogP contribution is 2.25. The van der Waals surface area contributed by atoms with Crippen LogP contribution < -0.4 is 5.32 Å². The van der Waals surface area contributed by atoms with Crippen LogP contribution in [0.1, 0.15) is 17.8 Å². The van der Waals surface area contributed by atoms with Gasteiger partial charge in [0.1, 0.15) is 11.9 Å². The summed E-state index contributed by atoms with van der Waals surface area (Å²) >= 11 is 0. The Balaban J connectivity index is 1.49. The summed E-state index contributed by atoms with van der Waals surface area (Å²) in [6, 6.07) is 8.13. The van der Waals surface area contributed by atoms with Gasteiger partial charge >= 0.3 is 0 Å². The number of hydrogen-bond donors (Lipinski definition) is 1. The maximum atomic E-state index is 12.7. The number of carbonyl (C=O) groups excluding carboxylic acids is 1. The summed E-state index contributed by atoms with van der Waals surface area (Å²) < 4.78 is 2.12. The Morgan fingerprint density at radius 1 is 1.29 bits per heavy atom. The van der Waals surface area contributed by atoms with Crippen LogP contribution in [0, 0.1) is 0 Å². The lowest BCUT2D eigenvalue weighted by Gasteiger charge is -2.33. The second-order valence-electron chi connectivity index (χ2n) is 5.69.